The molecule has 0 bridgehead atoms. The first kappa shape index (κ1) is 28.5. The highest BCUT2D eigenvalue weighted by atomic mass is 35.5. The monoisotopic (exact) mass is 518 g/mol. The van der Waals surface area contributed by atoms with Gasteiger partial charge in [-0.2, -0.15) is 0 Å². The van der Waals surface area contributed by atoms with Crippen LogP contribution in [0.4, 0.5) is 4.79 Å². The van der Waals surface area contributed by atoms with Gasteiger partial charge in [0.15, 0.2) is 0 Å². The molecular weight excluding hydrogens is 476 g/mol. The number of amides is 2. The first-order valence-electron chi connectivity index (χ1n) is 13.0. The summed E-state index contributed by atoms with van der Waals surface area (Å²) in [4.78, 5) is 27.0. The molecule has 3 rings (SSSR count). The van der Waals surface area contributed by atoms with Gasteiger partial charge in [-0.25, -0.2) is 4.79 Å². The summed E-state index contributed by atoms with van der Waals surface area (Å²) in [6.07, 6.45) is 6.51. The van der Waals surface area contributed by atoms with Gasteiger partial charge in [-0.15, -0.1) is 0 Å². The van der Waals surface area contributed by atoms with E-state index in [1.807, 2.05) is 19.2 Å². The Hall–Kier alpha value is -2.05. The van der Waals surface area contributed by atoms with E-state index in [4.69, 9.17) is 16.3 Å². The van der Waals surface area contributed by atoms with Gasteiger partial charge >= 0.3 is 12.0 Å². The van der Waals surface area contributed by atoms with Crippen molar-refractivity contribution in [1.29, 1.82) is 0 Å². The number of carbonyl (C=O) groups is 2. The van der Waals surface area contributed by atoms with Crippen molar-refractivity contribution in [2.24, 2.45) is 16.7 Å². The Morgan fingerprint density at radius 1 is 1.22 bits per heavy atom. The molecule has 1 aromatic carbocycles. The predicted molar refractivity (Wildman–Crippen MR) is 144 cm³/mol. The minimum Gasteiger partial charge on any atom is -0.469 e. The smallest absolute Gasteiger partial charge is 0.322 e. The summed E-state index contributed by atoms with van der Waals surface area (Å²) in [6, 6.07) is 5.92. The number of hydrogen-bond acceptors (Lipinski definition) is 4. The molecule has 1 aliphatic heterocycles. The van der Waals surface area contributed by atoms with E-state index in [-0.39, 0.29) is 41.4 Å². The average molecular weight is 519 g/mol. The van der Waals surface area contributed by atoms with Crippen molar-refractivity contribution in [2.75, 3.05) is 13.7 Å². The Morgan fingerprint density at radius 2 is 1.89 bits per heavy atom. The first-order valence-corrected chi connectivity index (χ1v) is 13.4. The van der Waals surface area contributed by atoms with E-state index < -0.39 is 5.54 Å². The summed E-state index contributed by atoms with van der Waals surface area (Å²) < 4.78 is 4.87. The average Bonchev–Trinajstić information content (AvgIpc) is 2.76. The molecule has 2 N–H and O–H groups in total. The highest BCUT2D eigenvalue weighted by Gasteiger charge is 2.48. The third kappa shape index (κ3) is 6.08. The lowest BCUT2D eigenvalue weighted by molar-refractivity contribution is -0.150. The lowest BCUT2D eigenvalue weighted by Gasteiger charge is -2.50. The van der Waals surface area contributed by atoms with Gasteiger partial charge in [-0.3, -0.25) is 9.69 Å². The summed E-state index contributed by atoms with van der Waals surface area (Å²) in [5.74, 6) is -0.387. The van der Waals surface area contributed by atoms with Crippen LogP contribution in [0.3, 0.4) is 0 Å². The molecule has 0 saturated heterocycles. The molecule has 1 saturated carbocycles. The molecule has 6 nitrogen and oxygen atoms in total. The molecule has 2 aliphatic rings. The minimum atomic E-state index is -0.760. The summed E-state index contributed by atoms with van der Waals surface area (Å²) in [5.41, 5.74) is 2.26. The molecule has 0 unspecified atom stereocenters. The van der Waals surface area contributed by atoms with E-state index in [0.717, 1.165) is 36.0 Å². The van der Waals surface area contributed by atoms with Crippen molar-refractivity contribution < 1.29 is 19.4 Å². The maximum absolute atomic E-state index is 13.4. The van der Waals surface area contributed by atoms with Crippen molar-refractivity contribution in [2.45, 2.75) is 91.6 Å². The molecule has 0 aromatic heterocycles. The molecule has 1 heterocycles. The number of aliphatic hydroxyl groups is 1. The summed E-state index contributed by atoms with van der Waals surface area (Å²) in [6.45, 7) is 13.1. The van der Waals surface area contributed by atoms with Crippen LogP contribution in [0.5, 0.6) is 0 Å². The number of methoxy groups -OCH3 is 1. The highest BCUT2D eigenvalue weighted by molar-refractivity contribution is 6.31. The highest BCUT2D eigenvalue weighted by Crippen LogP contribution is 2.47. The van der Waals surface area contributed by atoms with Gasteiger partial charge < -0.3 is 15.2 Å². The van der Waals surface area contributed by atoms with Crippen molar-refractivity contribution in [1.82, 2.24) is 10.2 Å². The minimum absolute atomic E-state index is 0.0503. The van der Waals surface area contributed by atoms with Crippen LogP contribution in [0.25, 0.3) is 0 Å². The van der Waals surface area contributed by atoms with Gasteiger partial charge in [0.05, 0.1) is 18.6 Å². The summed E-state index contributed by atoms with van der Waals surface area (Å²) in [7, 11) is 1.40. The Balaban J connectivity index is 1.97. The molecule has 0 spiro atoms. The van der Waals surface area contributed by atoms with Crippen molar-refractivity contribution in [3.63, 3.8) is 0 Å². The van der Waals surface area contributed by atoms with Gasteiger partial charge in [0.1, 0.15) is 0 Å². The molecule has 0 radical (unpaired) electrons. The summed E-state index contributed by atoms with van der Waals surface area (Å²) >= 11 is 6.77. The Bertz CT molecular complexity index is 1010. The van der Waals surface area contributed by atoms with E-state index in [0.29, 0.717) is 24.3 Å². The fraction of sp³-hybridized carbons (Fsp3) is 0.655. The van der Waals surface area contributed by atoms with Gasteiger partial charge in [0.2, 0.25) is 0 Å². The van der Waals surface area contributed by atoms with Gasteiger partial charge in [-0.1, -0.05) is 58.4 Å². The van der Waals surface area contributed by atoms with Crippen LogP contribution in [-0.2, 0) is 21.5 Å². The van der Waals surface area contributed by atoms with Crippen molar-refractivity contribution in [3.05, 3.63) is 46.1 Å². The van der Waals surface area contributed by atoms with E-state index in [2.05, 4.69) is 52.1 Å². The number of esters is 1. The molecule has 36 heavy (non-hydrogen) atoms. The number of nitrogens with zero attached hydrogens (tertiary/aromatic N) is 1. The lowest BCUT2D eigenvalue weighted by atomic mass is 9.68. The van der Waals surface area contributed by atoms with E-state index in [9.17, 15) is 14.7 Å². The van der Waals surface area contributed by atoms with Crippen molar-refractivity contribution >= 4 is 23.6 Å². The number of halogens is 1. The van der Waals surface area contributed by atoms with Gasteiger partial charge in [-0.05, 0) is 79.0 Å². The number of hydrogen-bond donors (Lipinski definition) is 2. The van der Waals surface area contributed by atoms with Gasteiger partial charge in [0.25, 0.3) is 0 Å². The lowest BCUT2D eigenvalue weighted by Crippen LogP contribution is -2.60. The Morgan fingerprint density at radius 3 is 2.44 bits per heavy atom. The normalized spacial score (nSPS) is 24.6. The topological polar surface area (TPSA) is 78.9 Å². The number of benzene rings is 1. The Kier molecular flexibility index (Phi) is 8.51. The zero-order valence-electron chi connectivity index (χ0n) is 22.9. The number of rotatable bonds is 9. The number of carbonyl (C=O) groups excluding carboxylic acids is 2. The molecule has 2 amide bonds. The van der Waals surface area contributed by atoms with Crippen molar-refractivity contribution in [3.8, 4) is 0 Å². The zero-order chi connectivity index (χ0) is 26.9. The molecule has 7 heteroatoms. The maximum Gasteiger partial charge on any atom is 0.322 e. The first-order chi connectivity index (χ1) is 16.7. The number of nitrogens with one attached hydrogen (secondary N) is 1. The molecular formula is C29H43ClN2O4. The molecule has 200 valence electrons. The SMILES string of the molecule is COC(=O)[C@H]1C[C@H](N2C=C(C(C)(C)CCCO)[C@@](C)(c3ccc(CCC(C)(C)C)c(Cl)c3)NC2=O)C1. The van der Waals surface area contributed by atoms with E-state index >= 15 is 0 Å². The largest absolute Gasteiger partial charge is 0.469 e. The van der Waals surface area contributed by atoms with Crippen LogP contribution in [0, 0.1) is 16.7 Å². The molecule has 1 aliphatic carbocycles. The molecule has 1 aromatic rings. The number of aliphatic hydroxyl groups excluding tert-OH is 1. The predicted octanol–water partition coefficient (Wildman–Crippen LogP) is 6.19. The van der Waals surface area contributed by atoms with Crippen LogP contribution in [0.2, 0.25) is 5.02 Å². The van der Waals surface area contributed by atoms with Crippen LogP contribution < -0.4 is 5.32 Å². The third-order valence-electron chi connectivity index (χ3n) is 7.90. The van der Waals surface area contributed by atoms with Gasteiger partial charge in [0, 0.05) is 23.9 Å². The van der Waals surface area contributed by atoms with Crippen LogP contribution >= 0.6 is 11.6 Å². The maximum atomic E-state index is 13.4. The second-order valence-corrected chi connectivity index (χ2v) is 12.8. The Labute approximate surface area is 221 Å². The number of aryl methyl sites for hydroxylation is 1. The number of urea groups is 1. The second-order valence-electron chi connectivity index (χ2n) is 12.4. The molecule has 1 atom stereocenters. The number of ether oxygens (including phenoxy) is 1. The quantitative estimate of drug-likeness (QED) is 0.382. The van der Waals surface area contributed by atoms with Crippen LogP contribution in [0.15, 0.2) is 30.0 Å². The van der Waals surface area contributed by atoms with E-state index in [1.54, 1.807) is 4.90 Å². The third-order valence-corrected chi connectivity index (χ3v) is 8.26. The molecule has 1 fully saturated rings. The fourth-order valence-electron chi connectivity index (χ4n) is 5.42. The summed E-state index contributed by atoms with van der Waals surface area (Å²) in [5, 5.41) is 13.5. The zero-order valence-corrected chi connectivity index (χ0v) is 23.7. The standard InChI is InChI=1S/C29H43ClN2O4/c1-27(2,3)13-11-19-9-10-21(17-23(19)30)29(6)24(28(4,5)12-8-14-33)18-32(26(35)31-29)22-15-20(16-22)25(34)36-7/h9-10,17-18,20,22,33H,8,11-16H2,1-7H3,(H,31,35)/t20-,22-,29-/m1/s1. The van der Waals surface area contributed by atoms with Crippen LogP contribution in [-0.4, -0.2) is 41.8 Å². The van der Waals surface area contributed by atoms with Crippen LogP contribution in [0.1, 0.15) is 84.8 Å². The van der Waals surface area contributed by atoms with E-state index in [1.165, 1.54) is 7.11 Å². The fourth-order valence-corrected chi connectivity index (χ4v) is 5.70. The second kappa shape index (κ2) is 10.7.